The highest BCUT2D eigenvalue weighted by atomic mass is 16.4. The predicted octanol–water partition coefficient (Wildman–Crippen LogP) is 5.11. The average Bonchev–Trinajstić information content (AvgIpc) is 3.09. The predicted molar refractivity (Wildman–Crippen MR) is 118 cm³/mol. The molecule has 5 unspecified atom stereocenters. The van der Waals surface area contributed by atoms with Gasteiger partial charge in [-0.05, 0) is 104 Å². The summed E-state index contributed by atoms with van der Waals surface area (Å²) in [6.45, 7) is 3.92. The molecule has 12 atom stereocenters. The SMILES string of the molecule is [2H]C([C@@H]1[C@@H]2C[C@H](O)CC[C@]2(C)C2CC[C@@]3(C)C(CCC3[C@H](C)CCC(=O)O)C2[C@]1([2H])O)C([2H])([2H])[2H]. The molecule has 0 bridgehead atoms. The van der Waals surface area contributed by atoms with E-state index in [1.165, 1.54) is 0 Å². The van der Waals surface area contributed by atoms with Crippen LogP contribution < -0.4 is 0 Å². The first-order chi connectivity index (χ1) is 16.0. The molecule has 4 fully saturated rings. The number of rotatable bonds is 5. The molecule has 0 spiro atoms. The molecule has 0 heterocycles. The Hall–Kier alpha value is -0.610. The number of hydrogen-bond acceptors (Lipinski definition) is 3. The lowest BCUT2D eigenvalue weighted by Gasteiger charge is -2.64. The Morgan fingerprint density at radius 2 is 1.83 bits per heavy atom. The van der Waals surface area contributed by atoms with Crippen LogP contribution in [0.3, 0.4) is 0 Å². The van der Waals surface area contributed by atoms with E-state index < -0.39 is 43.2 Å². The number of carboxylic acid groups (broad SMARTS) is 1. The van der Waals surface area contributed by atoms with Gasteiger partial charge >= 0.3 is 5.97 Å². The van der Waals surface area contributed by atoms with Crippen LogP contribution in [-0.2, 0) is 4.79 Å². The molecule has 0 saturated heterocycles. The van der Waals surface area contributed by atoms with E-state index in [0.29, 0.717) is 25.2 Å². The minimum atomic E-state index is -2.61. The quantitative estimate of drug-likeness (QED) is 0.572. The largest absolute Gasteiger partial charge is 0.481 e. The van der Waals surface area contributed by atoms with Gasteiger partial charge < -0.3 is 15.3 Å². The molecule has 0 aromatic heterocycles. The number of aliphatic carboxylic acids is 1. The molecule has 4 aliphatic rings. The first kappa shape index (κ1) is 16.9. The van der Waals surface area contributed by atoms with E-state index in [0.717, 1.165) is 32.1 Å². The van der Waals surface area contributed by atoms with Gasteiger partial charge in [-0.3, -0.25) is 4.79 Å². The van der Waals surface area contributed by atoms with Crippen LogP contribution in [0.1, 0.15) is 98.7 Å². The number of aliphatic hydroxyl groups is 2. The molecule has 0 aliphatic heterocycles. The Kier molecular flexibility index (Phi) is 4.56. The maximum Gasteiger partial charge on any atom is 0.303 e. The molecule has 0 amide bonds. The fraction of sp³-hybridized carbons (Fsp3) is 0.962. The van der Waals surface area contributed by atoms with E-state index in [9.17, 15) is 21.5 Å². The van der Waals surface area contributed by atoms with Gasteiger partial charge in [-0.15, -0.1) is 0 Å². The maximum atomic E-state index is 12.0. The van der Waals surface area contributed by atoms with Crippen LogP contribution in [0.2, 0.25) is 0 Å². The normalized spacial score (nSPS) is 57.9. The third-order valence-corrected chi connectivity index (χ3v) is 10.4. The summed E-state index contributed by atoms with van der Waals surface area (Å²) >= 11 is 0. The number of fused-ring (bicyclic) bond motifs is 5. The van der Waals surface area contributed by atoms with Gasteiger partial charge in [0.25, 0.3) is 0 Å². The molecule has 172 valence electrons. The molecule has 3 N–H and O–H groups in total. The summed E-state index contributed by atoms with van der Waals surface area (Å²) in [6.07, 6.45) is 1.77. The summed E-state index contributed by atoms with van der Waals surface area (Å²) in [6, 6.07) is 0. The van der Waals surface area contributed by atoms with E-state index in [1.54, 1.807) is 0 Å². The minimum absolute atomic E-state index is 0.0388. The van der Waals surface area contributed by atoms with E-state index in [-0.39, 0.29) is 40.9 Å². The van der Waals surface area contributed by atoms with Gasteiger partial charge in [0.15, 0.2) is 0 Å². The molecule has 30 heavy (non-hydrogen) atoms. The first-order valence-corrected chi connectivity index (χ1v) is 12.1. The Morgan fingerprint density at radius 1 is 1.13 bits per heavy atom. The second-order valence-corrected chi connectivity index (χ2v) is 11.5. The van der Waals surface area contributed by atoms with Crippen LogP contribution >= 0.6 is 0 Å². The number of carboxylic acids is 1. The molecule has 4 nitrogen and oxygen atoms in total. The molecule has 4 saturated carbocycles. The number of aliphatic hydroxyl groups excluding tert-OH is 1. The van der Waals surface area contributed by atoms with Crippen molar-refractivity contribution in [3.05, 3.63) is 0 Å². The second kappa shape index (κ2) is 8.06. The van der Waals surface area contributed by atoms with Crippen molar-refractivity contribution in [2.75, 3.05) is 0 Å². The molecule has 4 rings (SSSR count). The zero-order valence-corrected chi connectivity index (χ0v) is 18.8. The standard InChI is InChI=1S/C26H44O4/c1-5-17-21-14-16(27)10-12-26(21,4)20-11-13-25(3)18(15(2)6-9-22(28)29)7-8-19(25)23(20)24(17)30/h15-21,23-24,27,30H,5-14H2,1-4H3,(H,28,29)/t15-,16-,17-,18?,19?,20?,21+,23?,24-,25-,26-/m1/s1/i1D3,5D,24D/t5?,15-,16-,17-,18?,19?,20?,21+,23?,24-,25-,26-. The summed E-state index contributed by atoms with van der Waals surface area (Å²) < 4.78 is 42.1. The monoisotopic (exact) mass is 425 g/mol. The highest BCUT2D eigenvalue weighted by Crippen LogP contribution is 2.69. The Labute approximate surface area is 189 Å². The Bertz CT molecular complexity index is 818. The van der Waals surface area contributed by atoms with Crippen molar-refractivity contribution in [1.82, 2.24) is 0 Å². The molecule has 0 radical (unpaired) electrons. The zero-order valence-electron chi connectivity index (χ0n) is 23.8. The van der Waals surface area contributed by atoms with E-state index in [1.807, 2.05) is 0 Å². The topological polar surface area (TPSA) is 77.8 Å². The third kappa shape index (κ3) is 3.36. The van der Waals surface area contributed by atoms with Crippen molar-refractivity contribution >= 4 is 5.97 Å². The van der Waals surface area contributed by atoms with Crippen molar-refractivity contribution in [3.63, 3.8) is 0 Å². The zero-order chi connectivity index (χ0) is 26.1. The summed E-state index contributed by atoms with van der Waals surface area (Å²) in [4.78, 5) is 11.2. The van der Waals surface area contributed by atoms with Crippen LogP contribution in [-0.4, -0.2) is 33.5 Å². The van der Waals surface area contributed by atoms with Gasteiger partial charge in [0.05, 0.1) is 13.6 Å². The van der Waals surface area contributed by atoms with E-state index in [4.69, 9.17) is 5.48 Å². The summed E-state index contributed by atoms with van der Waals surface area (Å²) in [5, 5.41) is 31.7. The number of carbonyl (C=O) groups is 1. The van der Waals surface area contributed by atoms with Crippen molar-refractivity contribution in [2.24, 2.45) is 52.3 Å². The van der Waals surface area contributed by atoms with Crippen LogP contribution in [0.15, 0.2) is 0 Å². The van der Waals surface area contributed by atoms with Gasteiger partial charge in [-0.25, -0.2) is 0 Å². The Morgan fingerprint density at radius 3 is 2.53 bits per heavy atom. The van der Waals surface area contributed by atoms with Gasteiger partial charge in [-0.1, -0.05) is 34.0 Å². The van der Waals surface area contributed by atoms with Gasteiger partial charge in [0.2, 0.25) is 0 Å². The van der Waals surface area contributed by atoms with Crippen LogP contribution in [0.4, 0.5) is 0 Å². The van der Waals surface area contributed by atoms with Crippen molar-refractivity contribution in [2.45, 2.75) is 104 Å². The molecular formula is C26H44O4. The smallest absolute Gasteiger partial charge is 0.303 e. The lowest BCUT2D eigenvalue weighted by atomic mass is 9.41. The summed E-state index contributed by atoms with van der Waals surface area (Å²) in [7, 11) is 0. The fourth-order valence-electron chi connectivity index (χ4n) is 8.81. The summed E-state index contributed by atoms with van der Waals surface area (Å²) in [5.74, 6) is -2.04. The molecule has 0 aromatic carbocycles. The van der Waals surface area contributed by atoms with Gasteiger partial charge in [0.1, 0.15) is 0 Å². The highest BCUT2D eigenvalue weighted by Gasteiger charge is 2.64. The van der Waals surface area contributed by atoms with Crippen LogP contribution in [0.25, 0.3) is 0 Å². The third-order valence-electron chi connectivity index (χ3n) is 10.4. The lowest BCUT2D eigenvalue weighted by molar-refractivity contribution is -0.203. The first-order valence-electron chi connectivity index (χ1n) is 14.7. The molecular weight excluding hydrogens is 376 g/mol. The molecule has 0 aromatic rings. The highest BCUT2D eigenvalue weighted by molar-refractivity contribution is 5.66. The Balaban J connectivity index is 1.74. The fourth-order valence-corrected chi connectivity index (χ4v) is 8.81. The van der Waals surface area contributed by atoms with E-state index in [2.05, 4.69) is 20.8 Å². The van der Waals surface area contributed by atoms with Crippen LogP contribution in [0, 0.1) is 52.3 Å². The second-order valence-electron chi connectivity index (χ2n) is 11.5. The van der Waals surface area contributed by atoms with Crippen molar-refractivity contribution in [3.8, 4) is 0 Å². The number of hydrogen-bond donors (Lipinski definition) is 3. The van der Waals surface area contributed by atoms with E-state index >= 15 is 0 Å². The van der Waals surface area contributed by atoms with Gasteiger partial charge in [0, 0.05) is 11.9 Å². The van der Waals surface area contributed by atoms with Crippen LogP contribution in [0.5, 0.6) is 0 Å². The lowest BCUT2D eigenvalue weighted by Crippen LogP contribution is -2.62. The minimum Gasteiger partial charge on any atom is -0.481 e. The molecule has 4 heteroatoms. The molecule has 4 aliphatic carbocycles. The van der Waals surface area contributed by atoms with Gasteiger partial charge in [-0.2, -0.15) is 0 Å². The van der Waals surface area contributed by atoms with Crippen molar-refractivity contribution < 1.29 is 27.0 Å². The van der Waals surface area contributed by atoms with Crippen molar-refractivity contribution in [1.29, 1.82) is 0 Å². The average molecular weight is 426 g/mol. The maximum absolute atomic E-state index is 12.0. The summed E-state index contributed by atoms with van der Waals surface area (Å²) in [5.41, 5.74) is -0.464.